The molecule has 0 aromatic heterocycles. The fourth-order valence-corrected chi connectivity index (χ4v) is 4.05. The molecule has 0 aliphatic carbocycles. The molecule has 174 valence electrons. The first-order chi connectivity index (χ1) is 15.9. The first-order valence-electron chi connectivity index (χ1n) is 11.5. The summed E-state index contributed by atoms with van der Waals surface area (Å²) in [4.78, 5) is 52.2. The molecule has 0 fully saturated rings. The number of nitrogens with zero attached hydrogens (tertiary/aromatic N) is 1. The number of unbranched alkanes of at least 4 members (excludes halogenated alkanes) is 1. The number of esters is 1. The number of aryl methyl sites for hydroxylation is 2. The number of carbonyl (C=O) groups is 4. The zero-order chi connectivity index (χ0) is 24.0. The summed E-state index contributed by atoms with van der Waals surface area (Å²) in [6.07, 6.45) is 3.19. The second-order valence-corrected chi connectivity index (χ2v) is 8.00. The van der Waals surface area contributed by atoms with Crippen LogP contribution in [0.15, 0.2) is 42.5 Å². The summed E-state index contributed by atoms with van der Waals surface area (Å²) in [5.41, 5.74) is 3.30. The molecule has 3 rings (SSSR count). The summed E-state index contributed by atoms with van der Waals surface area (Å²) in [6.45, 7) is 5.47. The summed E-state index contributed by atoms with van der Waals surface area (Å²) < 4.78 is 5.29. The largest absolute Gasteiger partial charge is 0.454 e. The molecule has 2 aromatic rings. The van der Waals surface area contributed by atoms with Crippen molar-refractivity contribution in [3.05, 3.63) is 64.7 Å². The van der Waals surface area contributed by atoms with E-state index in [0.717, 1.165) is 41.0 Å². The number of ether oxygens (including phenoxy) is 1. The molecule has 33 heavy (non-hydrogen) atoms. The van der Waals surface area contributed by atoms with Crippen LogP contribution in [0.3, 0.4) is 0 Å². The van der Waals surface area contributed by atoms with Gasteiger partial charge in [0.1, 0.15) is 6.04 Å². The average molecular weight is 451 g/mol. The number of rotatable bonds is 10. The molecule has 3 amide bonds. The van der Waals surface area contributed by atoms with E-state index in [1.807, 2.05) is 39.0 Å². The van der Waals surface area contributed by atoms with E-state index in [-0.39, 0.29) is 17.5 Å². The average Bonchev–Trinajstić information content (AvgIpc) is 3.08. The lowest BCUT2D eigenvalue weighted by atomic mass is 10.0. The summed E-state index contributed by atoms with van der Waals surface area (Å²) >= 11 is 0. The van der Waals surface area contributed by atoms with E-state index in [2.05, 4.69) is 5.32 Å². The highest BCUT2D eigenvalue weighted by Crippen LogP contribution is 2.27. The highest BCUT2D eigenvalue weighted by molar-refractivity contribution is 6.22. The number of para-hydroxylation sites is 1. The second-order valence-electron chi connectivity index (χ2n) is 8.00. The Morgan fingerprint density at radius 1 is 0.909 bits per heavy atom. The topological polar surface area (TPSA) is 92.8 Å². The monoisotopic (exact) mass is 450 g/mol. The molecule has 0 radical (unpaired) electrons. The van der Waals surface area contributed by atoms with Gasteiger partial charge in [0.2, 0.25) is 0 Å². The normalized spacial score (nSPS) is 13.6. The van der Waals surface area contributed by atoms with E-state index < -0.39 is 36.3 Å². The summed E-state index contributed by atoms with van der Waals surface area (Å²) in [5, 5.41) is 2.86. The fourth-order valence-electron chi connectivity index (χ4n) is 4.05. The molecule has 1 N–H and O–H groups in total. The molecule has 1 aliphatic rings. The van der Waals surface area contributed by atoms with Gasteiger partial charge in [-0.3, -0.25) is 19.3 Å². The van der Waals surface area contributed by atoms with Crippen LogP contribution >= 0.6 is 0 Å². The van der Waals surface area contributed by atoms with Crippen LogP contribution < -0.4 is 5.32 Å². The van der Waals surface area contributed by atoms with Crippen molar-refractivity contribution >= 4 is 29.4 Å². The second kappa shape index (κ2) is 10.9. The molecule has 0 saturated carbocycles. The molecule has 2 aromatic carbocycles. The van der Waals surface area contributed by atoms with Gasteiger partial charge in [0, 0.05) is 5.69 Å². The first-order valence-corrected chi connectivity index (χ1v) is 11.5. The van der Waals surface area contributed by atoms with Crippen LogP contribution in [0.2, 0.25) is 0 Å². The van der Waals surface area contributed by atoms with Gasteiger partial charge < -0.3 is 10.1 Å². The van der Waals surface area contributed by atoms with Crippen molar-refractivity contribution in [2.24, 2.45) is 0 Å². The molecule has 1 heterocycles. The molecular formula is C26H30N2O5. The zero-order valence-electron chi connectivity index (χ0n) is 19.3. The predicted molar refractivity (Wildman–Crippen MR) is 125 cm³/mol. The van der Waals surface area contributed by atoms with Crippen LogP contribution in [0.4, 0.5) is 5.69 Å². The Morgan fingerprint density at radius 3 is 2.00 bits per heavy atom. The lowest BCUT2D eigenvalue weighted by Gasteiger charge is -2.24. The van der Waals surface area contributed by atoms with Gasteiger partial charge in [-0.1, -0.05) is 63.9 Å². The van der Waals surface area contributed by atoms with E-state index in [1.54, 1.807) is 24.3 Å². The highest BCUT2D eigenvalue weighted by atomic mass is 16.5. The lowest BCUT2D eigenvalue weighted by Crippen LogP contribution is -2.46. The Morgan fingerprint density at radius 2 is 1.48 bits per heavy atom. The van der Waals surface area contributed by atoms with Crippen molar-refractivity contribution in [1.82, 2.24) is 4.90 Å². The highest BCUT2D eigenvalue weighted by Gasteiger charge is 2.43. The Hall–Kier alpha value is -3.48. The fraction of sp³-hybridized carbons (Fsp3) is 0.385. The quantitative estimate of drug-likeness (QED) is 0.434. The van der Waals surface area contributed by atoms with Crippen LogP contribution in [-0.4, -0.2) is 41.2 Å². The Kier molecular flexibility index (Phi) is 7.98. The minimum atomic E-state index is -1.07. The van der Waals surface area contributed by atoms with E-state index >= 15 is 0 Å². The Bertz CT molecular complexity index is 1010. The minimum Gasteiger partial charge on any atom is -0.454 e. The van der Waals surface area contributed by atoms with Crippen molar-refractivity contribution in [2.45, 2.75) is 58.9 Å². The maximum absolute atomic E-state index is 12.9. The van der Waals surface area contributed by atoms with Crippen molar-refractivity contribution < 1.29 is 23.9 Å². The molecule has 1 atom stereocenters. The van der Waals surface area contributed by atoms with E-state index in [0.29, 0.717) is 6.42 Å². The molecular weight excluding hydrogens is 420 g/mol. The first kappa shape index (κ1) is 24.2. The molecule has 0 spiro atoms. The third-order valence-corrected chi connectivity index (χ3v) is 5.85. The summed E-state index contributed by atoms with van der Waals surface area (Å²) in [6, 6.07) is 11.3. The van der Waals surface area contributed by atoms with Crippen molar-refractivity contribution in [3.8, 4) is 0 Å². The summed E-state index contributed by atoms with van der Waals surface area (Å²) in [7, 11) is 0. The molecule has 0 bridgehead atoms. The number of hydrogen-bond donors (Lipinski definition) is 1. The third-order valence-electron chi connectivity index (χ3n) is 5.85. The van der Waals surface area contributed by atoms with Crippen LogP contribution in [0.1, 0.15) is 71.9 Å². The third kappa shape index (κ3) is 5.13. The standard InChI is InChI=1S/C26H30N2O5/c1-4-7-15-21(28-24(30)19-13-8-9-14-20(19)25(28)31)26(32)33-16-22(29)27-23-17(5-2)11-10-12-18(23)6-3/h8-14,21H,4-7,15-16H2,1-3H3,(H,27,29)/t21-/m0/s1. The van der Waals surface area contributed by atoms with Crippen LogP contribution in [0.5, 0.6) is 0 Å². The zero-order valence-corrected chi connectivity index (χ0v) is 19.3. The lowest BCUT2D eigenvalue weighted by molar-refractivity contribution is -0.151. The number of fused-ring (bicyclic) bond motifs is 1. The number of amides is 3. The van der Waals surface area contributed by atoms with Crippen LogP contribution in [-0.2, 0) is 27.2 Å². The number of benzene rings is 2. The number of nitrogens with one attached hydrogen (secondary N) is 1. The molecule has 0 unspecified atom stereocenters. The SMILES string of the molecule is CCCC[C@@H](C(=O)OCC(=O)Nc1c(CC)cccc1CC)N1C(=O)c2ccccc2C1=O. The van der Waals surface area contributed by atoms with Gasteiger partial charge in [-0.05, 0) is 42.5 Å². The van der Waals surface area contributed by atoms with Gasteiger partial charge in [0.25, 0.3) is 17.7 Å². The maximum atomic E-state index is 12.9. The molecule has 7 nitrogen and oxygen atoms in total. The molecule has 1 aliphatic heterocycles. The van der Waals surface area contributed by atoms with Gasteiger partial charge >= 0.3 is 5.97 Å². The van der Waals surface area contributed by atoms with Gasteiger partial charge in [-0.15, -0.1) is 0 Å². The predicted octanol–water partition coefficient (Wildman–Crippen LogP) is 4.15. The van der Waals surface area contributed by atoms with Gasteiger partial charge in [-0.25, -0.2) is 4.79 Å². The maximum Gasteiger partial charge on any atom is 0.329 e. The Labute approximate surface area is 194 Å². The van der Waals surface area contributed by atoms with Gasteiger partial charge in [0.15, 0.2) is 6.61 Å². The van der Waals surface area contributed by atoms with Crippen molar-refractivity contribution in [3.63, 3.8) is 0 Å². The van der Waals surface area contributed by atoms with Crippen molar-refractivity contribution in [1.29, 1.82) is 0 Å². The Balaban J connectivity index is 1.71. The molecule has 0 saturated heterocycles. The van der Waals surface area contributed by atoms with E-state index in [1.165, 1.54) is 0 Å². The van der Waals surface area contributed by atoms with E-state index in [4.69, 9.17) is 4.74 Å². The summed E-state index contributed by atoms with van der Waals surface area (Å²) in [5.74, 6) is -2.24. The number of carbonyl (C=O) groups excluding carboxylic acids is 4. The van der Waals surface area contributed by atoms with Crippen molar-refractivity contribution in [2.75, 3.05) is 11.9 Å². The van der Waals surface area contributed by atoms with Gasteiger partial charge in [0.05, 0.1) is 11.1 Å². The number of hydrogen-bond acceptors (Lipinski definition) is 5. The smallest absolute Gasteiger partial charge is 0.329 e. The van der Waals surface area contributed by atoms with Crippen LogP contribution in [0, 0.1) is 0 Å². The number of anilines is 1. The van der Waals surface area contributed by atoms with Crippen LogP contribution in [0.25, 0.3) is 0 Å². The molecule has 7 heteroatoms. The minimum absolute atomic E-state index is 0.276. The van der Waals surface area contributed by atoms with E-state index in [9.17, 15) is 19.2 Å². The number of imide groups is 1. The van der Waals surface area contributed by atoms with Gasteiger partial charge in [-0.2, -0.15) is 0 Å².